The van der Waals surface area contributed by atoms with Crippen molar-refractivity contribution >= 4 is 33.8 Å². The maximum absolute atomic E-state index is 11.9. The number of carbonyl (C=O) groups excluding carboxylic acids is 1. The van der Waals surface area contributed by atoms with Crippen LogP contribution in [-0.4, -0.2) is 39.6 Å². The van der Waals surface area contributed by atoms with Crippen LogP contribution < -0.4 is 14.8 Å². The average molecular weight is 446 g/mol. The van der Waals surface area contributed by atoms with Gasteiger partial charge in [-0.25, -0.2) is 9.50 Å². The summed E-state index contributed by atoms with van der Waals surface area (Å²) in [5, 5.41) is 8.26. The Bertz CT molecular complexity index is 1440. The van der Waals surface area contributed by atoms with Crippen LogP contribution in [0.25, 0.3) is 27.1 Å². The number of hydrogen-bond acceptors (Lipinski definition) is 7. The number of hydrogen-bond donors (Lipinski definition) is 1. The lowest BCUT2D eigenvalue weighted by Crippen LogP contribution is -2.15. The van der Waals surface area contributed by atoms with Gasteiger partial charge in [-0.15, -0.1) is 11.3 Å². The van der Waals surface area contributed by atoms with Crippen LogP contribution in [0.5, 0.6) is 11.5 Å². The Labute approximate surface area is 187 Å². The second-order valence-corrected chi connectivity index (χ2v) is 8.05. The topological polar surface area (TPSA) is 90.6 Å². The van der Waals surface area contributed by atoms with Gasteiger partial charge < -0.3 is 14.8 Å². The number of ether oxygens (including phenoxy) is 2. The third-order valence-electron chi connectivity index (χ3n) is 5.03. The van der Waals surface area contributed by atoms with Crippen molar-refractivity contribution < 1.29 is 14.3 Å². The second-order valence-electron chi connectivity index (χ2n) is 6.96. The van der Waals surface area contributed by atoms with Crippen molar-refractivity contribution in [3.63, 3.8) is 0 Å². The van der Waals surface area contributed by atoms with Gasteiger partial charge in [0, 0.05) is 24.7 Å². The Morgan fingerprint density at radius 1 is 1.12 bits per heavy atom. The Morgan fingerprint density at radius 2 is 2.03 bits per heavy atom. The van der Waals surface area contributed by atoms with E-state index in [1.165, 1.54) is 11.3 Å². The molecule has 160 valence electrons. The van der Waals surface area contributed by atoms with Gasteiger partial charge in [-0.1, -0.05) is 0 Å². The minimum Gasteiger partial charge on any atom is -0.497 e. The minimum atomic E-state index is -0.110. The van der Waals surface area contributed by atoms with Gasteiger partial charge in [-0.05, 0) is 42.5 Å². The van der Waals surface area contributed by atoms with Crippen molar-refractivity contribution in [2.24, 2.45) is 0 Å². The zero-order valence-corrected chi connectivity index (χ0v) is 18.2. The molecule has 1 aromatic carbocycles. The number of nitrogens with one attached hydrogen (secondary N) is 1. The molecule has 0 radical (unpaired) electrons. The van der Waals surface area contributed by atoms with Crippen molar-refractivity contribution in [2.75, 3.05) is 14.2 Å². The van der Waals surface area contributed by atoms with E-state index in [0.29, 0.717) is 4.88 Å². The summed E-state index contributed by atoms with van der Waals surface area (Å²) in [5.41, 5.74) is 3.09. The fourth-order valence-corrected chi connectivity index (χ4v) is 4.29. The molecule has 0 bridgehead atoms. The quantitative estimate of drug-likeness (QED) is 0.426. The predicted octanol–water partition coefficient (Wildman–Crippen LogP) is 3.95. The van der Waals surface area contributed by atoms with E-state index in [0.717, 1.165) is 44.3 Å². The van der Waals surface area contributed by atoms with Gasteiger partial charge in [-0.3, -0.25) is 9.78 Å². The molecule has 0 unspecified atom stereocenters. The number of amides is 1. The molecule has 0 aliphatic heterocycles. The molecular weight excluding hydrogens is 426 g/mol. The van der Waals surface area contributed by atoms with Crippen LogP contribution >= 0.6 is 11.3 Å². The normalized spacial score (nSPS) is 11.1. The number of fused-ring (bicyclic) bond motifs is 2. The number of thiophene rings is 1. The first kappa shape index (κ1) is 20.0. The van der Waals surface area contributed by atoms with Crippen LogP contribution in [0.2, 0.25) is 0 Å². The molecule has 8 nitrogen and oxygen atoms in total. The first-order valence-electron chi connectivity index (χ1n) is 9.88. The number of rotatable bonds is 6. The number of methoxy groups -OCH3 is 1. The Hall–Kier alpha value is -3.98. The van der Waals surface area contributed by atoms with Gasteiger partial charge in [-0.2, -0.15) is 5.10 Å². The summed E-state index contributed by atoms with van der Waals surface area (Å²) in [6, 6.07) is 15.0. The van der Waals surface area contributed by atoms with Gasteiger partial charge in [0.1, 0.15) is 29.5 Å². The van der Waals surface area contributed by atoms with Crippen molar-refractivity contribution in [1.82, 2.24) is 24.9 Å². The monoisotopic (exact) mass is 445 g/mol. The minimum absolute atomic E-state index is 0.110. The van der Waals surface area contributed by atoms with Gasteiger partial charge >= 0.3 is 0 Å². The summed E-state index contributed by atoms with van der Waals surface area (Å²) >= 11 is 1.39. The van der Waals surface area contributed by atoms with Crippen molar-refractivity contribution in [3.8, 4) is 22.1 Å². The Balaban J connectivity index is 1.43. The highest BCUT2D eigenvalue weighted by Crippen LogP contribution is 2.29. The molecule has 0 atom stereocenters. The summed E-state index contributed by atoms with van der Waals surface area (Å²) < 4.78 is 13.1. The van der Waals surface area contributed by atoms with Crippen LogP contribution in [0.3, 0.4) is 0 Å². The van der Waals surface area contributed by atoms with Crippen molar-refractivity contribution in [1.29, 1.82) is 0 Å². The van der Waals surface area contributed by atoms with Gasteiger partial charge in [0.2, 0.25) is 0 Å². The van der Waals surface area contributed by atoms with Gasteiger partial charge in [0.15, 0.2) is 5.65 Å². The van der Waals surface area contributed by atoms with Crippen LogP contribution in [-0.2, 0) is 6.61 Å². The lowest BCUT2D eigenvalue weighted by Gasteiger charge is -2.09. The van der Waals surface area contributed by atoms with Crippen molar-refractivity contribution in [2.45, 2.75) is 6.61 Å². The van der Waals surface area contributed by atoms with Crippen LogP contribution in [0.15, 0.2) is 60.9 Å². The van der Waals surface area contributed by atoms with E-state index in [9.17, 15) is 4.79 Å². The molecule has 0 aliphatic carbocycles. The molecule has 9 heteroatoms. The van der Waals surface area contributed by atoms with E-state index >= 15 is 0 Å². The maximum atomic E-state index is 11.9. The van der Waals surface area contributed by atoms with E-state index in [-0.39, 0.29) is 12.5 Å². The molecular formula is C23H19N5O3S. The largest absolute Gasteiger partial charge is 0.497 e. The maximum Gasteiger partial charge on any atom is 0.261 e. The number of nitrogens with zero attached hydrogens (tertiary/aromatic N) is 4. The number of aromatic nitrogens is 4. The third-order valence-corrected chi connectivity index (χ3v) is 6.13. The molecule has 0 saturated carbocycles. The highest BCUT2D eigenvalue weighted by atomic mass is 32.1. The summed E-state index contributed by atoms with van der Waals surface area (Å²) in [6.07, 6.45) is 3.46. The lowest BCUT2D eigenvalue weighted by atomic mass is 10.2. The van der Waals surface area contributed by atoms with E-state index in [2.05, 4.69) is 15.3 Å². The number of benzene rings is 1. The highest BCUT2D eigenvalue weighted by Gasteiger charge is 2.13. The van der Waals surface area contributed by atoms with Crippen molar-refractivity contribution in [3.05, 3.63) is 71.5 Å². The molecule has 1 N–H and O–H groups in total. The van der Waals surface area contributed by atoms with Crippen LogP contribution in [0.4, 0.5) is 0 Å². The zero-order chi connectivity index (χ0) is 22.1. The molecule has 0 saturated heterocycles. The summed E-state index contributed by atoms with van der Waals surface area (Å²) in [7, 11) is 3.25. The van der Waals surface area contributed by atoms with Crippen LogP contribution in [0, 0.1) is 0 Å². The second kappa shape index (κ2) is 8.27. The average Bonchev–Trinajstić information content (AvgIpc) is 3.49. The Morgan fingerprint density at radius 3 is 2.88 bits per heavy atom. The van der Waals surface area contributed by atoms with Gasteiger partial charge in [0.05, 0.1) is 28.6 Å². The van der Waals surface area contributed by atoms with E-state index in [1.807, 2.05) is 42.5 Å². The molecule has 0 spiro atoms. The summed E-state index contributed by atoms with van der Waals surface area (Å²) in [5.74, 6) is 1.35. The fraction of sp³-hybridized carbons (Fsp3) is 0.130. The molecule has 1 amide bonds. The molecule has 0 aliphatic rings. The van der Waals surface area contributed by atoms with E-state index in [1.54, 1.807) is 37.1 Å². The number of pyridine rings is 1. The first-order chi connectivity index (χ1) is 15.7. The SMILES string of the molecule is CNC(=O)c1ccc(-c2ccc3ncc(COc4ccnc5cc(OC)ccc45)n3n2)s1. The summed E-state index contributed by atoms with van der Waals surface area (Å²) in [6.45, 7) is 0.288. The number of imidazole rings is 1. The first-order valence-corrected chi connectivity index (χ1v) is 10.7. The molecule has 0 fully saturated rings. The smallest absolute Gasteiger partial charge is 0.261 e. The fourth-order valence-electron chi connectivity index (χ4n) is 3.38. The standard InChI is InChI=1S/C23H19N5O3S/c1-24-23(29)21-7-6-20(32-21)17-5-8-22-26-12-14(28(22)27-17)13-31-19-9-10-25-18-11-15(30-2)3-4-16(18)19/h3-12H,13H2,1-2H3,(H,24,29). The molecule has 4 aromatic heterocycles. The number of carbonyl (C=O) groups is 1. The molecule has 5 rings (SSSR count). The van der Waals surface area contributed by atoms with Gasteiger partial charge in [0.25, 0.3) is 5.91 Å². The Kier molecular flexibility index (Phi) is 5.16. The molecule has 5 aromatic rings. The zero-order valence-electron chi connectivity index (χ0n) is 17.4. The summed E-state index contributed by atoms with van der Waals surface area (Å²) in [4.78, 5) is 22.2. The lowest BCUT2D eigenvalue weighted by molar-refractivity contribution is 0.0967. The highest BCUT2D eigenvalue weighted by molar-refractivity contribution is 7.17. The van der Waals surface area contributed by atoms with E-state index in [4.69, 9.17) is 14.6 Å². The predicted molar refractivity (Wildman–Crippen MR) is 122 cm³/mol. The molecule has 32 heavy (non-hydrogen) atoms. The van der Waals surface area contributed by atoms with Crippen LogP contribution in [0.1, 0.15) is 15.4 Å². The van der Waals surface area contributed by atoms with E-state index < -0.39 is 0 Å². The molecule has 4 heterocycles. The third kappa shape index (κ3) is 3.63.